The summed E-state index contributed by atoms with van der Waals surface area (Å²) in [6.07, 6.45) is 0. The molecule has 0 aliphatic heterocycles. The number of amides is 1. The SMILES string of the molecule is O=C(Nc1ccc(Nc2cccc(F)c2)nn1)c1ccccc1. The minimum atomic E-state index is -0.338. The first kappa shape index (κ1) is 14.6. The molecule has 5 nitrogen and oxygen atoms in total. The van der Waals surface area contributed by atoms with Crippen LogP contribution in [0.1, 0.15) is 10.4 Å². The Hall–Kier alpha value is -3.28. The van der Waals surface area contributed by atoms with Crippen molar-refractivity contribution in [3.63, 3.8) is 0 Å². The third kappa shape index (κ3) is 3.88. The van der Waals surface area contributed by atoms with Gasteiger partial charge in [-0.1, -0.05) is 24.3 Å². The van der Waals surface area contributed by atoms with Gasteiger partial charge in [0.2, 0.25) is 0 Å². The van der Waals surface area contributed by atoms with Crippen LogP contribution in [0.4, 0.5) is 21.7 Å². The Kier molecular flexibility index (Phi) is 4.24. The van der Waals surface area contributed by atoms with Crippen LogP contribution in [0.3, 0.4) is 0 Å². The number of rotatable bonds is 4. The van der Waals surface area contributed by atoms with Crippen molar-refractivity contribution in [1.82, 2.24) is 10.2 Å². The minimum Gasteiger partial charge on any atom is -0.339 e. The normalized spacial score (nSPS) is 10.1. The average molecular weight is 308 g/mol. The lowest BCUT2D eigenvalue weighted by Crippen LogP contribution is -2.13. The molecule has 6 heteroatoms. The fraction of sp³-hybridized carbons (Fsp3) is 0. The summed E-state index contributed by atoms with van der Waals surface area (Å²) in [6, 6.07) is 18.1. The van der Waals surface area contributed by atoms with Gasteiger partial charge in [-0.05, 0) is 42.5 Å². The van der Waals surface area contributed by atoms with Gasteiger partial charge in [-0.25, -0.2) is 4.39 Å². The molecule has 0 saturated carbocycles. The molecule has 3 aromatic rings. The van der Waals surface area contributed by atoms with Crippen molar-refractivity contribution in [3.05, 3.63) is 78.1 Å². The third-order valence-electron chi connectivity index (χ3n) is 3.04. The number of nitrogens with zero attached hydrogens (tertiary/aromatic N) is 2. The highest BCUT2D eigenvalue weighted by molar-refractivity contribution is 6.03. The Balaban J connectivity index is 1.66. The Morgan fingerprint density at radius 3 is 2.30 bits per heavy atom. The predicted octanol–water partition coefficient (Wildman–Crippen LogP) is 3.61. The van der Waals surface area contributed by atoms with E-state index < -0.39 is 0 Å². The van der Waals surface area contributed by atoms with E-state index in [2.05, 4.69) is 20.8 Å². The summed E-state index contributed by atoms with van der Waals surface area (Å²) in [5.74, 6) is 0.192. The summed E-state index contributed by atoms with van der Waals surface area (Å²) in [5.41, 5.74) is 1.11. The van der Waals surface area contributed by atoms with Crippen molar-refractivity contribution in [2.45, 2.75) is 0 Å². The number of aromatic nitrogens is 2. The van der Waals surface area contributed by atoms with E-state index in [9.17, 15) is 9.18 Å². The van der Waals surface area contributed by atoms with Crippen LogP contribution in [0, 0.1) is 5.82 Å². The van der Waals surface area contributed by atoms with E-state index in [1.807, 2.05) is 6.07 Å². The number of benzene rings is 2. The van der Waals surface area contributed by atoms with E-state index in [0.29, 0.717) is 22.9 Å². The van der Waals surface area contributed by atoms with Gasteiger partial charge in [-0.3, -0.25) is 4.79 Å². The number of halogens is 1. The highest BCUT2D eigenvalue weighted by Gasteiger charge is 2.06. The Bertz CT molecular complexity index is 806. The number of anilines is 3. The van der Waals surface area contributed by atoms with E-state index >= 15 is 0 Å². The number of carbonyl (C=O) groups is 1. The van der Waals surface area contributed by atoms with Gasteiger partial charge in [0, 0.05) is 11.3 Å². The van der Waals surface area contributed by atoms with Crippen LogP contribution in [0.5, 0.6) is 0 Å². The van der Waals surface area contributed by atoms with Crippen LogP contribution in [-0.4, -0.2) is 16.1 Å². The summed E-state index contributed by atoms with van der Waals surface area (Å²) in [7, 11) is 0. The fourth-order valence-electron chi connectivity index (χ4n) is 1.96. The first-order valence-corrected chi connectivity index (χ1v) is 6.93. The first-order chi connectivity index (χ1) is 11.2. The maximum Gasteiger partial charge on any atom is 0.256 e. The Labute approximate surface area is 132 Å². The molecule has 23 heavy (non-hydrogen) atoms. The highest BCUT2D eigenvalue weighted by atomic mass is 19.1. The molecule has 2 aromatic carbocycles. The monoisotopic (exact) mass is 308 g/mol. The van der Waals surface area contributed by atoms with Crippen molar-refractivity contribution in [1.29, 1.82) is 0 Å². The van der Waals surface area contributed by atoms with E-state index in [1.165, 1.54) is 12.1 Å². The van der Waals surface area contributed by atoms with Gasteiger partial charge in [0.15, 0.2) is 11.6 Å². The van der Waals surface area contributed by atoms with Gasteiger partial charge in [-0.15, -0.1) is 10.2 Å². The quantitative estimate of drug-likeness (QED) is 0.772. The van der Waals surface area contributed by atoms with Crippen LogP contribution in [-0.2, 0) is 0 Å². The maximum absolute atomic E-state index is 13.1. The molecular weight excluding hydrogens is 295 g/mol. The number of carbonyl (C=O) groups excluding carboxylic acids is 1. The molecule has 0 radical (unpaired) electrons. The number of hydrogen-bond acceptors (Lipinski definition) is 4. The lowest BCUT2D eigenvalue weighted by Gasteiger charge is -2.07. The molecule has 0 aliphatic rings. The molecule has 2 N–H and O–H groups in total. The molecule has 0 bridgehead atoms. The zero-order valence-corrected chi connectivity index (χ0v) is 12.0. The summed E-state index contributed by atoms with van der Waals surface area (Å²) >= 11 is 0. The zero-order chi connectivity index (χ0) is 16.1. The maximum atomic E-state index is 13.1. The topological polar surface area (TPSA) is 66.9 Å². The molecular formula is C17H13FN4O. The molecule has 1 amide bonds. The Morgan fingerprint density at radius 1 is 0.870 bits per heavy atom. The number of hydrogen-bond donors (Lipinski definition) is 2. The van der Waals surface area contributed by atoms with Crippen LogP contribution in [0.25, 0.3) is 0 Å². The van der Waals surface area contributed by atoms with E-state index in [1.54, 1.807) is 48.5 Å². The lowest BCUT2D eigenvalue weighted by molar-refractivity contribution is 0.102. The molecule has 0 spiro atoms. The second-order valence-electron chi connectivity index (χ2n) is 4.76. The molecule has 0 aliphatic carbocycles. The second-order valence-corrected chi connectivity index (χ2v) is 4.76. The summed E-state index contributed by atoms with van der Waals surface area (Å²) in [4.78, 5) is 12.0. The molecule has 114 valence electrons. The molecule has 0 saturated heterocycles. The molecule has 1 heterocycles. The van der Waals surface area contributed by atoms with Crippen molar-refractivity contribution < 1.29 is 9.18 Å². The van der Waals surface area contributed by atoms with Gasteiger partial charge < -0.3 is 10.6 Å². The smallest absolute Gasteiger partial charge is 0.256 e. The van der Waals surface area contributed by atoms with Gasteiger partial charge in [0.05, 0.1) is 0 Å². The van der Waals surface area contributed by atoms with Gasteiger partial charge in [0.25, 0.3) is 5.91 Å². The van der Waals surface area contributed by atoms with Crippen LogP contribution in [0.2, 0.25) is 0 Å². The summed E-state index contributed by atoms with van der Waals surface area (Å²) in [5, 5.41) is 13.5. The molecule has 0 atom stereocenters. The molecule has 3 rings (SSSR count). The third-order valence-corrected chi connectivity index (χ3v) is 3.04. The van der Waals surface area contributed by atoms with Crippen LogP contribution < -0.4 is 10.6 Å². The van der Waals surface area contributed by atoms with E-state index in [4.69, 9.17) is 0 Å². The summed E-state index contributed by atoms with van der Waals surface area (Å²) < 4.78 is 13.1. The standard InChI is InChI=1S/C17H13FN4O/c18-13-7-4-8-14(11-13)19-15-9-10-16(22-21-15)20-17(23)12-5-2-1-3-6-12/h1-11H,(H,19,21)(H,20,22,23). The predicted molar refractivity (Wildman–Crippen MR) is 86.1 cm³/mol. The Morgan fingerprint density at radius 2 is 1.61 bits per heavy atom. The molecule has 0 fully saturated rings. The second kappa shape index (κ2) is 6.65. The van der Waals surface area contributed by atoms with Gasteiger partial charge in [-0.2, -0.15) is 0 Å². The lowest BCUT2D eigenvalue weighted by atomic mass is 10.2. The van der Waals surface area contributed by atoms with Crippen LogP contribution >= 0.6 is 0 Å². The average Bonchev–Trinajstić information content (AvgIpc) is 2.57. The number of nitrogens with one attached hydrogen (secondary N) is 2. The first-order valence-electron chi connectivity index (χ1n) is 6.93. The van der Waals surface area contributed by atoms with Gasteiger partial charge in [0.1, 0.15) is 5.82 Å². The minimum absolute atomic E-state index is 0.259. The fourth-order valence-corrected chi connectivity index (χ4v) is 1.96. The largest absolute Gasteiger partial charge is 0.339 e. The van der Waals surface area contributed by atoms with Crippen molar-refractivity contribution in [2.75, 3.05) is 10.6 Å². The zero-order valence-electron chi connectivity index (χ0n) is 12.0. The van der Waals surface area contributed by atoms with Gasteiger partial charge >= 0.3 is 0 Å². The van der Waals surface area contributed by atoms with Crippen molar-refractivity contribution in [2.24, 2.45) is 0 Å². The van der Waals surface area contributed by atoms with Crippen molar-refractivity contribution in [3.8, 4) is 0 Å². The van der Waals surface area contributed by atoms with Crippen LogP contribution in [0.15, 0.2) is 66.7 Å². The van der Waals surface area contributed by atoms with E-state index in [0.717, 1.165) is 0 Å². The highest BCUT2D eigenvalue weighted by Crippen LogP contribution is 2.16. The molecule has 0 unspecified atom stereocenters. The molecule has 1 aromatic heterocycles. The van der Waals surface area contributed by atoms with E-state index in [-0.39, 0.29) is 11.7 Å². The summed E-state index contributed by atoms with van der Waals surface area (Å²) in [6.45, 7) is 0. The van der Waals surface area contributed by atoms with Crippen molar-refractivity contribution >= 4 is 23.2 Å².